The molecule has 0 amide bonds. The van der Waals surface area contributed by atoms with Crippen LogP contribution in [0.3, 0.4) is 0 Å². The van der Waals surface area contributed by atoms with Gasteiger partial charge in [0.2, 0.25) is 0 Å². The van der Waals surface area contributed by atoms with Crippen molar-refractivity contribution in [2.75, 3.05) is 7.11 Å². The van der Waals surface area contributed by atoms with E-state index in [1.807, 2.05) is 26.0 Å². The van der Waals surface area contributed by atoms with Gasteiger partial charge in [0.1, 0.15) is 11.6 Å². The molecule has 0 fully saturated rings. The molecule has 0 aliphatic rings. The van der Waals surface area contributed by atoms with Crippen molar-refractivity contribution < 1.29 is 13.9 Å². The number of benzene rings is 2. The number of aromatic nitrogens is 1. The van der Waals surface area contributed by atoms with Crippen molar-refractivity contribution in [3.63, 3.8) is 0 Å². The summed E-state index contributed by atoms with van der Waals surface area (Å²) in [7, 11) is 1.52. The van der Waals surface area contributed by atoms with Crippen LogP contribution in [0.15, 0.2) is 30.3 Å². The molecule has 0 radical (unpaired) electrons. The highest BCUT2D eigenvalue weighted by atomic mass is 19.1. The number of fused-ring (bicyclic) bond motifs is 1. The lowest BCUT2D eigenvalue weighted by Crippen LogP contribution is -1.92. The van der Waals surface area contributed by atoms with Gasteiger partial charge in [-0.2, -0.15) is 0 Å². The number of methoxy groups -OCH3 is 1. The molecular weight excluding hydrogens is 281 g/mol. The maximum absolute atomic E-state index is 13.6. The molecule has 3 rings (SSSR count). The number of carbonyl (C=O) groups is 1. The number of halogens is 1. The number of aldehydes is 1. The van der Waals surface area contributed by atoms with E-state index in [0.29, 0.717) is 22.6 Å². The van der Waals surface area contributed by atoms with Gasteiger partial charge in [-0.15, -0.1) is 0 Å². The van der Waals surface area contributed by atoms with Gasteiger partial charge in [-0.1, -0.05) is 11.6 Å². The first-order chi connectivity index (χ1) is 10.5. The molecule has 0 bridgehead atoms. The zero-order chi connectivity index (χ0) is 15.9. The highest BCUT2D eigenvalue weighted by Crippen LogP contribution is 2.36. The SMILES string of the molecule is COc1ccc(F)cc1-c1[nH]c2c(C)cc(C)cc2c1C=O. The summed E-state index contributed by atoms with van der Waals surface area (Å²) >= 11 is 0. The molecule has 3 nitrogen and oxygen atoms in total. The number of aryl methyl sites for hydroxylation is 2. The Labute approximate surface area is 127 Å². The molecule has 4 heteroatoms. The first kappa shape index (κ1) is 14.3. The summed E-state index contributed by atoms with van der Waals surface area (Å²) in [6.07, 6.45) is 0.803. The van der Waals surface area contributed by atoms with Gasteiger partial charge in [-0.05, 0) is 43.7 Å². The zero-order valence-electron chi connectivity index (χ0n) is 12.7. The van der Waals surface area contributed by atoms with Crippen molar-refractivity contribution in [3.05, 3.63) is 52.8 Å². The largest absolute Gasteiger partial charge is 0.496 e. The molecule has 0 atom stereocenters. The van der Waals surface area contributed by atoms with Crippen LogP contribution in [-0.2, 0) is 0 Å². The predicted octanol–water partition coefficient (Wildman–Crippen LogP) is 4.41. The van der Waals surface area contributed by atoms with Crippen molar-refractivity contribution in [3.8, 4) is 17.0 Å². The van der Waals surface area contributed by atoms with Crippen molar-refractivity contribution in [2.24, 2.45) is 0 Å². The highest BCUT2D eigenvalue weighted by molar-refractivity contribution is 6.06. The Hall–Kier alpha value is -2.62. The highest BCUT2D eigenvalue weighted by Gasteiger charge is 2.18. The Bertz CT molecular complexity index is 880. The minimum absolute atomic E-state index is 0.376. The molecule has 3 aromatic rings. The van der Waals surface area contributed by atoms with E-state index in [0.717, 1.165) is 28.3 Å². The molecular formula is C18H16FNO2. The number of nitrogens with one attached hydrogen (secondary N) is 1. The molecule has 0 saturated carbocycles. The Kier molecular flexibility index (Phi) is 3.45. The molecule has 0 spiro atoms. The fourth-order valence-electron chi connectivity index (χ4n) is 2.88. The molecule has 1 N–H and O–H groups in total. The van der Waals surface area contributed by atoms with Crippen molar-refractivity contribution >= 4 is 17.2 Å². The Morgan fingerprint density at radius 3 is 2.64 bits per heavy atom. The molecule has 0 aliphatic carbocycles. The normalized spacial score (nSPS) is 10.9. The standard InChI is InChI=1S/C18H16FNO2/c1-10-6-11(2)17-13(7-10)15(9-21)18(20-17)14-8-12(19)4-5-16(14)22-3/h4-9,20H,1-3H3. The number of H-pyrrole nitrogens is 1. The number of hydrogen-bond donors (Lipinski definition) is 1. The average Bonchev–Trinajstić information content (AvgIpc) is 2.85. The fraction of sp³-hybridized carbons (Fsp3) is 0.167. The quantitative estimate of drug-likeness (QED) is 0.727. The molecule has 2 aromatic carbocycles. The van der Waals surface area contributed by atoms with Crippen LogP contribution in [0.2, 0.25) is 0 Å². The summed E-state index contributed by atoms with van der Waals surface area (Å²) < 4.78 is 18.9. The second-order valence-electron chi connectivity index (χ2n) is 5.38. The topological polar surface area (TPSA) is 42.1 Å². The van der Waals surface area contributed by atoms with Gasteiger partial charge in [-0.3, -0.25) is 4.79 Å². The molecule has 1 aromatic heterocycles. The van der Waals surface area contributed by atoms with E-state index in [1.54, 1.807) is 6.07 Å². The maximum atomic E-state index is 13.6. The average molecular weight is 297 g/mol. The number of aromatic amines is 1. The van der Waals surface area contributed by atoms with E-state index in [4.69, 9.17) is 4.74 Å². The Morgan fingerprint density at radius 2 is 1.95 bits per heavy atom. The first-order valence-electron chi connectivity index (χ1n) is 6.97. The Morgan fingerprint density at radius 1 is 1.18 bits per heavy atom. The van der Waals surface area contributed by atoms with Crippen LogP contribution >= 0.6 is 0 Å². The molecule has 0 aliphatic heterocycles. The fourth-order valence-corrected chi connectivity index (χ4v) is 2.88. The van der Waals surface area contributed by atoms with Crippen LogP contribution < -0.4 is 4.74 Å². The van der Waals surface area contributed by atoms with E-state index in [9.17, 15) is 9.18 Å². The minimum Gasteiger partial charge on any atom is -0.496 e. The first-order valence-corrected chi connectivity index (χ1v) is 6.97. The minimum atomic E-state index is -0.376. The van der Waals surface area contributed by atoms with Gasteiger partial charge < -0.3 is 9.72 Å². The van der Waals surface area contributed by atoms with Crippen LogP contribution in [0, 0.1) is 19.7 Å². The zero-order valence-corrected chi connectivity index (χ0v) is 12.7. The summed E-state index contributed by atoms with van der Waals surface area (Å²) in [6, 6.07) is 8.26. The molecule has 0 saturated heterocycles. The Balaban J connectivity index is 2.39. The second kappa shape index (κ2) is 5.30. The monoisotopic (exact) mass is 297 g/mol. The van der Waals surface area contributed by atoms with Crippen molar-refractivity contribution in [2.45, 2.75) is 13.8 Å². The van der Waals surface area contributed by atoms with Gasteiger partial charge in [0.05, 0.1) is 12.8 Å². The maximum Gasteiger partial charge on any atom is 0.152 e. The lowest BCUT2D eigenvalue weighted by molar-refractivity contribution is 0.112. The number of ether oxygens (including phenoxy) is 1. The number of carbonyl (C=O) groups excluding carboxylic acids is 1. The van der Waals surface area contributed by atoms with Gasteiger partial charge in [0.25, 0.3) is 0 Å². The summed E-state index contributed by atoms with van der Waals surface area (Å²) in [5, 5.41) is 0.841. The summed E-state index contributed by atoms with van der Waals surface area (Å²) in [4.78, 5) is 14.9. The van der Waals surface area contributed by atoms with Crippen LogP contribution in [0.5, 0.6) is 5.75 Å². The van der Waals surface area contributed by atoms with Gasteiger partial charge in [0, 0.05) is 22.0 Å². The van der Waals surface area contributed by atoms with Gasteiger partial charge >= 0.3 is 0 Å². The number of rotatable bonds is 3. The molecule has 0 unspecified atom stereocenters. The molecule has 22 heavy (non-hydrogen) atoms. The predicted molar refractivity (Wildman–Crippen MR) is 85.1 cm³/mol. The lowest BCUT2D eigenvalue weighted by atomic mass is 10.0. The van der Waals surface area contributed by atoms with Crippen LogP contribution in [0.1, 0.15) is 21.5 Å². The van der Waals surface area contributed by atoms with E-state index in [-0.39, 0.29) is 5.82 Å². The van der Waals surface area contributed by atoms with Crippen molar-refractivity contribution in [1.29, 1.82) is 0 Å². The van der Waals surface area contributed by atoms with E-state index < -0.39 is 0 Å². The van der Waals surface area contributed by atoms with Crippen LogP contribution in [0.25, 0.3) is 22.2 Å². The third kappa shape index (κ3) is 2.17. The summed E-state index contributed by atoms with van der Waals surface area (Å²) in [6.45, 7) is 3.96. The van der Waals surface area contributed by atoms with Gasteiger partial charge in [-0.25, -0.2) is 4.39 Å². The third-order valence-electron chi connectivity index (χ3n) is 3.84. The summed E-state index contributed by atoms with van der Waals surface area (Å²) in [5.74, 6) is 0.143. The third-order valence-corrected chi connectivity index (χ3v) is 3.84. The molecule has 1 heterocycles. The molecule has 112 valence electrons. The lowest BCUT2D eigenvalue weighted by Gasteiger charge is -2.07. The van der Waals surface area contributed by atoms with Crippen LogP contribution in [-0.4, -0.2) is 18.4 Å². The van der Waals surface area contributed by atoms with E-state index in [2.05, 4.69) is 4.98 Å². The van der Waals surface area contributed by atoms with E-state index in [1.165, 1.54) is 19.2 Å². The second-order valence-corrected chi connectivity index (χ2v) is 5.38. The van der Waals surface area contributed by atoms with Crippen molar-refractivity contribution in [1.82, 2.24) is 4.98 Å². The van der Waals surface area contributed by atoms with E-state index >= 15 is 0 Å². The number of hydrogen-bond acceptors (Lipinski definition) is 2. The summed E-state index contributed by atoms with van der Waals surface area (Å²) in [5.41, 5.74) is 4.64. The van der Waals surface area contributed by atoms with Gasteiger partial charge in [0.15, 0.2) is 6.29 Å². The van der Waals surface area contributed by atoms with Crippen LogP contribution in [0.4, 0.5) is 4.39 Å². The smallest absolute Gasteiger partial charge is 0.152 e.